The van der Waals surface area contributed by atoms with Gasteiger partial charge in [0.2, 0.25) is 0 Å². The molecule has 3 aromatic rings. The normalized spacial score (nSPS) is 12.8. The van der Waals surface area contributed by atoms with E-state index in [9.17, 15) is 0 Å². The van der Waals surface area contributed by atoms with Crippen LogP contribution in [0, 0.1) is 22.9 Å². The van der Waals surface area contributed by atoms with Gasteiger partial charge in [-0.3, -0.25) is 0 Å². The Morgan fingerprint density at radius 1 is 0.541 bits per heavy atom. The lowest BCUT2D eigenvalue weighted by Gasteiger charge is -2.38. The third kappa shape index (κ3) is 5.08. The standard InChI is InChI=1S/C32H46N2SSi2/c1-21(2)36(22(3)4,23(5)6)19-17-29-27-15-13-14-16-28(27)30(32-31(29)33-35-34-32)18-20-37(24(7)8,25(9)10)26(11)12/h13-16,21-26H,1-12H3. The Kier molecular flexibility index (Phi) is 9.16. The summed E-state index contributed by atoms with van der Waals surface area (Å²) in [5, 5.41) is 2.31. The van der Waals surface area contributed by atoms with Crippen LogP contribution in [0.2, 0.25) is 33.2 Å². The first-order chi connectivity index (χ1) is 17.3. The molecule has 0 saturated heterocycles. The van der Waals surface area contributed by atoms with Crippen LogP contribution in [-0.2, 0) is 0 Å². The van der Waals surface area contributed by atoms with Gasteiger partial charge in [-0.2, -0.15) is 8.75 Å². The lowest BCUT2D eigenvalue weighted by atomic mass is 9.98. The minimum atomic E-state index is -1.88. The summed E-state index contributed by atoms with van der Waals surface area (Å²) in [4.78, 5) is 0. The molecule has 2 aromatic carbocycles. The topological polar surface area (TPSA) is 25.8 Å². The molecule has 0 N–H and O–H groups in total. The monoisotopic (exact) mass is 546 g/mol. The van der Waals surface area contributed by atoms with Crippen LogP contribution >= 0.6 is 11.7 Å². The van der Waals surface area contributed by atoms with Gasteiger partial charge in [-0.25, -0.2) is 0 Å². The number of benzene rings is 2. The molecule has 0 amide bonds. The highest BCUT2D eigenvalue weighted by Gasteiger charge is 2.42. The maximum absolute atomic E-state index is 4.80. The predicted octanol–water partition coefficient (Wildman–Crippen LogP) is 9.98. The van der Waals surface area contributed by atoms with Crippen LogP contribution in [0.3, 0.4) is 0 Å². The Labute approximate surface area is 232 Å². The van der Waals surface area contributed by atoms with Gasteiger partial charge < -0.3 is 0 Å². The lowest BCUT2D eigenvalue weighted by Crippen LogP contribution is -2.43. The van der Waals surface area contributed by atoms with Crippen molar-refractivity contribution in [2.24, 2.45) is 0 Å². The summed E-state index contributed by atoms with van der Waals surface area (Å²) in [5.41, 5.74) is 15.3. The number of rotatable bonds is 6. The summed E-state index contributed by atoms with van der Waals surface area (Å²) in [6.45, 7) is 28.4. The largest absolute Gasteiger partial charge is 0.172 e. The van der Waals surface area contributed by atoms with Crippen LogP contribution in [0.1, 0.15) is 94.2 Å². The van der Waals surface area contributed by atoms with E-state index in [0.29, 0.717) is 33.2 Å². The van der Waals surface area contributed by atoms with Crippen molar-refractivity contribution in [3.63, 3.8) is 0 Å². The van der Waals surface area contributed by atoms with Crippen LogP contribution in [0.25, 0.3) is 21.8 Å². The Bertz CT molecular complexity index is 1230. The Hall–Kier alpha value is -1.93. The summed E-state index contributed by atoms with van der Waals surface area (Å²) in [5.74, 6) is 7.46. The van der Waals surface area contributed by atoms with Gasteiger partial charge in [-0.05, 0) is 33.2 Å². The van der Waals surface area contributed by atoms with Crippen LogP contribution in [0.15, 0.2) is 24.3 Å². The molecule has 0 spiro atoms. The molecule has 1 aromatic heterocycles. The van der Waals surface area contributed by atoms with Crippen LogP contribution in [0.5, 0.6) is 0 Å². The summed E-state index contributed by atoms with van der Waals surface area (Å²) in [7, 11) is -3.77. The number of nitrogens with zero attached hydrogens (tertiary/aromatic N) is 2. The molecule has 0 aliphatic rings. The molecule has 0 aliphatic heterocycles. The number of aromatic nitrogens is 2. The molecule has 0 aliphatic carbocycles. The molecule has 0 saturated carbocycles. The average molecular weight is 547 g/mol. The first-order valence-electron chi connectivity index (χ1n) is 14.0. The number of hydrogen-bond donors (Lipinski definition) is 0. The zero-order valence-corrected chi connectivity index (χ0v) is 27.9. The molecule has 37 heavy (non-hydrogen) atoms. The second-order valence-electron chi connectivity index (χ2n) is 12.6. The van der Waals surface area contributed by atoms with Gasteiger partial charge in [-0.1, -0.05) is 119 Å². The summed E-state index contributed by atoms with van der Waals surface area (Å²) < 4.78 is 9.60. The first-order valence-corrected chi connectivity index (χ1v) is 19.2. The fraction of sp³-hybridized carbons (Fsp3) is 0.562. The van der Waals surface area contributed by atoms with Gasteiger partial charge >= 0.3 is 0 Å². The third-order valence-corrected chi connectivity index (χ3v) is 22.1. The number of hydrogen-bond acceptors (Lipinski definition) is 3. The maximum Gasteiger partial charge on any atom is 0.146 e. The SMILES string of the molecule is CC(C)[Si](C#Cc1c2ccccc2c(C#C[Si](C(C)C)(C(C)C)C(C)C)c2nsnc12)(C(C)C)C(C)C. The molecule has 2 nitrogen and oxygen atoms in total. The van der Waals surface area contributed by atoms with E-state index in [2.05, 4.69) is 130 Å². The Morgan fingerprint density at radius 3 is 1.11 bits per heavy atom. The number of fused-ring (bicyclic) bond motifs is 2. The fourth-order valence-corrected chi connectivity index (χ4v) is 18.1. The minimum Gasteiger partial charge on any atom is -0.172 e. The molecule has 0 unspecified atom stereocenters. The lowest BCUT2D eigenvalue weighted by molar-refractivity contribution is 0.838. The maximum atomic E-state index is 4.80. The molecule has 5 heteroatoms. The van der Waals surface area contributed by atoms with E-state index < -0.39 is 16.1 Å². The van der Waals surface area contributed by atoms with Crippen molar-refractivity contribution in [3.8, 4) is 22.9 Å². The Balaban J connectivity index is 2.39. The van der Waals surface area contributed by atoms with Gasteiger partial charge in [0, 0.05) is 10.8 Å². The molecule has 1 heterocycles. The van der Waals surface area contributed by atoms with Crippen molar-refractivity contribution in [1.82, 2.24) is 8.75 Å². The van der Waals surface area contributed by atoms with Crippen LogP contribution < -0.4 is 0 Å². The van der Waals surface area contributed by atoms with Gasteiger partial charge in [0.05, 0.1) is 22.9 Å². The van der Waals surface area contributed by atoms with Crippen molar-refractivity contribution in [2.45, 2.75) is 116 Å². The highest BCUT2D eigenvalue weighted by Crippen LogP contribution is 2.42. The smallest absolute Gasteiger partial charge is 0.146 e. The van der Waals surface area contributed by atoms with Crippen LogP contribution in [-0.4, -0.2) is 24.9 Å². The zero-order valence-electron chi connectivity index (χ0n) is 25.1. The molecule has 0 fully saturated rings. The second kappa shape index (κ2) is 11.4. The van der Waals surface area contributed by atoms with E-state index in [-0.39, 0.29) is 0 Å². The average Bonchev–Trinajstić information content (AvgIpc) is 3.28. The van der Waals surface area contributed by atoms with Gasteiger partial charge in [0.15, 0.2) is 0 Å². The minimum absolute atomic E-state index is 0.585. The molecular formula is C32H46N2SSi2. The highest BCUT2D eigenvalue weighted by molar-refractivity contribution is 7.00. The van der Waals surface area contributed by atoms with Gasteiger partial charge in [0.25, 0.3) is 0 Å². The van der Waals surface area contributed by atoms with Crippen molar-refractivity contribution in [1.29, 1.82) is 0 Å². The predicted molar refractivity (Wildman–Crippen MR) is 171 cm³/mol. The Morgan fingerprint density at radius 2 is 0.838 bits per heavy atom. The summed E-state index contributed by atoms with van der Waals surface area (Å²) in [6, 6.07) is 8.63. The molecular weight excluding hydrogens is 501 g/mol. The quantitative estimate of drug-likeness (QED) is 0.227. The third-order valence-electron chi connectivity index (χ3n) is 8.97. The van der Waals surface area contributed by atoms with Crippen molar-refractivity contribution in [3.05, 3.63) is 35.4 Å². The van der Waals surface area contributed by atoms with E-state index in [4.69, 9.17) is 8.75 Å². The van der Waals surface area contributed by atoms with Gasteiger partial charge in [-0.15, -0.1) is 11.1 Å². The fourth-order valence-electron chi connectivity index (χ4n) is 7.15. The highest BCUT2D eigenvalue weighted by atomic mass is 32.1. The summed E-state index contributed by atoms with van der Waals surface area (Å²) in [6.07, 6.45) is 0. The molecule has 0 atom stereocenters. The molecule has 0 bridgehead atoms. The van der Waals surface area contributed by atoms with E-state index in [0.717, 1.165) is 32.9 Å². The van der Waals surface area contributed by atoms with Crippen LogP contribution in [0.4, 0.5) is 0 Å². The first kappa shape index (κ1) is 29.6. The van der Waals surface area contributed by atoms with Crippen molar-refractivity contribution in [2.75, 3.05) is 0 Å². The second-order valence-corrected chi connectivity index (χ2v) is 24.2. The zero-order chi connectivity index (χ0) is 27.7. The van der Waals surface area contributed by atoms with E-state index in [1.165, 1.54) is 11.7 Å². The van der Waals surface area contributed by atoms with Crippen molar-refractivity contribution < 1.29 is 0 Å². The molecule has 0 radical (unpaired) electrons. The molecule has 3 rings (SSSR count). The summed E-state index contributed by atoms with van der Waals surface area (Å²) >= 11 is 1.28. The van der Waals surface area contributed by atoms with E-state index in [1.54, 1.807) is 0 Å². The van der Waals surface area contributed by atoms with E-state index in [1.807, 2.05) is 0 Å². The molecule has 198 valence electrons. The van der Waals surface area contributed by atoms with Gasteiger partial charge in [0.1, 0.15) is 27.2 Å². The van der Waals surface area contributed by atoms with E-state index >= 15 is 0 Å². The van der Waals surface area contributed by atoms with Crippen molar-refractivity contribution >= 4 is 49.7 Å².